The smallest absolute Gasteiger partial charge is 0.0542 e. The lowest BCUT2D eigenvalue weighted by Crippen LogP contribution is -2.24. The summed E-state index contributed by atoms with van der Waals surface area (Å²) in [4.78, 5) is 1.44. The molecule has 1 aromatic carbocycles. The van der Waals surface area contributed by atoms with Gasteiger partial charge in [-0.2, -0.15) is 0 Å². The van der Waals surface area contributed by atoms with E-state index in [2.05, 4.69) is 38.1 Å². The van der Waals surface area contributed by atoms with Crippen LogP contribution >= 0.6 is 11.8 Å². The Bertz CT molecular complexity index is 365. The first-order chi connectivity index (χ1) is 8.09. The summed E-state index contributed by atoms with van der Waals surface area (Å²) in [6, 6.07) is 8.71. The standard InChI is InChI=1S/C15H22OS/c1-10(2)14(11(3)16)8-12-9-17-15-7-5-4-6-13(12)15/h4-7,10-12,14,16H,8-9H2,1-3H3. The highest BCUT2D eigenvalue weighted by Crippen LogP contribution is 2.43. The topological polar surface area (TPSA) is 20.2 Å². The van der Waals surface area contributed by atoms with Crippen molar-refractivity contribution in [3.05, 3.63) is 29.8 Å². The first kappa shape index (κ1) is 13.0. The average molecular weight is 250 g/mol. The number of benzene rings is 1. The summed E-state index contributed by atoms with van der Waals surface area (Å²) in [5.74, 6) is 2.76. The van der Waals surface area contributed by atoms with E-state index >= 15 is 0 Å². The molecular weight excluding hydrogens is 228 g/mol. The predicted octanol–water partition coefficient (Wildman–Crippen LogP) is 3.92. The van der Waals surface area contributed by atoms with Crippen LogP contribution in [-0.4, -0.2) is 17.0 Å². The van der Waals surface area contributed by atoms with Crippen LogP contribution < -0.4 is 0 Å². The van der Waals surface area contributed by atoms with E-state index in [0.717, 1.165) is 6.42 Å². The van der Waals surface area contributed by atoms with E-state index in [9.17, 15) is 5.11 Å². The lowest BCUT2D eigenvalue weighted by atomic mass is 9.81. The van der Waals surface area contributed by atoms with Gasteiger partial charge in [-0.3, -0.25) is 0 Å². The van der Waals surface area contributed by atoms with Crippen molar-refractivity contribution < 1.29 is 5.11 Å². The maximum absolute atomic E-state index is 9.88. The lowest BCUT2D eigenvalue weighted by molar-refractivity contribution is 0.0883. The predicted molar refractivity (Wildman–Crippen MR) is 74.5 cm³/mol. The van der Waals surface area contributed by atoms with Gasteiger partial charge >= 0.3 is 0 Å². The fraction of sp³-hybridized carbons (Fsp3) is 0.600. The van der Waals surface area contributed by atoms with Crippen LogP contribution in [0.15, 0.2) is 29.2 Å². The zero-order valence-electron chi connectivity index (χ0n) is 10.9. The second-order valence-electron chi connectivity index (χ2n) is 5.43. The van der Waals surface area contributed by atoms with Crippen molar-refractivity contribution in [3.8, 4) is 0 Å². The Balaban J connectivity index is 2.10. The van der Waals surface area contributed by atoms with E-state index in [1.165, 1.54) is 16.2 Å². The summed E-state index contributed by atoms with van der Waals surface area (Å²) < 4.78 is 0. The average Bonchev–Trinajstić information content (AvgIpc) is 2.68. The minimum atomic E-state index is -0.201. The van der Waals surface area contributed by atoms with Gasteiger partial charge in [-0.15, -0.1) is 11.8 Å². The monoisotopic (exact) mass is 250 g/mol. The first-order valence-corrected chi connectivity index (χ1v) is 7.48. The Hall–Kier alpha value is -0.470. The molecule has 0 aromatic heterocycles. The van der Waals surface area contributed by atoms with Crippen LogP contribution in [0.3, 0.4) is 0 Å². The molecule has 3 unspecified atom stereocenters. The summed E-state index contributed by atoms with van der Waals surface area (Å²) in [6.07, 6.45) is 0.909. The molecule has 3 atom stereocenters. The third kappa shape index (κ3) is 2.86. The zero-order valence-corrected chi connectivity index (χ0v) is 11.7. The molecule has 17 heavy (non-hydrogen) atoms. The number of aliphatic hydroxyl groups excluding tert-OH is 1. The maximum Gasteiger partial charge on any atom is 0.0542 e. The molecule has 2 rings (SSSR count). The highest BCUT2D eigenvalue weighted by molar-refractivity contribution is 7.99. The molecule has 1 aliphatic rings. The highest BCUT2D eigenvalue weighted by atomic mass is 32.2. The van der Waals surface area contributed by atoms with Crippen molar-refractivity contribution in [2.45, 2.75) is 44.1 Å². The van der Waals surface area contributed by atoms with E-state index in [4.69, 9.17) is 0 Å². The molecule has 0 bridgehead atoms. The molecule has 0 spiro atoms. The van der Waals surface area contributed by atoms with Crippen molar-refractivity contribution >= 4 is 11.8 Å². The quantitative estimate of drug-likeness (QED) is 0.874. The van der Waals surface area contributed by atoms with Gasteiger partial charge in [0.1, 0.15) is 0 Å². The normalized spacial score (nSPS) is 22.5. The summed E-state index contributed by atoms with van der Waals surface area (Å²) >= 11 is 1.96. The molecule has 1 heterocycles. The zero-order chi connectivity index (χ0) is 12.4. The number of aliphatic hydroxyl groups is 1. The van der Waals surface area contributed by atoms with Gasteiger partial charge in [0, 0.05) is 10.6 Å². The maximum atomic E-state index is 9.88. The third-order valence-electron chi connectivity index (χ3n) is 3.83. The van der Waals surface area contributed by atoms with Gasteiger partial charge in [0.25, 0.3) is 0 Å². The molecule has 1 aliphatic heterocycles. The Morgan fingerprint density at radius 2 is 2.00 bits per heavy atom. The number of fused-ring (bicyclic) bond motifs is 1. The molecule has 94 valence electrons. The number of hydrogen-bond donors (Lipinski definition) is 1. The largest absolute Gasteiger partial charge is 0.393 e. The fourth-order valence-corrected chi connectivity index (χ4v) is 4.05. The number of hydrogen-bond acceptors (Lipinski definition) is 2. The molecule has 0 saturated carbocycles. The third-order valence-corrected chi connectivity index (χ3v) is 5.08. The first-order valence-electron chi connectivity index (χ1n) is 6.49. The molecule has 2 heteroatoms. The number of thioether (sulfide) groups is 1. The van der Waals surface area contributed by atoms with Crippen molar-refractivity contribution in [1.82, 2.24) is 0 Å². The van der Waals surface area contributed by atoms with Crippen molar-refractivity contribution in [3.63, 3.8) is 0 Å². The molecule has 0 radical (unpaired) electrons. The molecule has 1 aromatic rings. The van der Waals surface area contributed by atoms with E-state index in [-0.39, 0.29) is 6.10 Å². The van der Waals surface area contributed by atoms with Crippen molar-refractivity contribution in [2.75, 3.05) is 5.75 Å². The second-order valence-corrected chi connectivity index (χ2v) is 6.49. The van der Waals surface area contributed by atoms with Gasteiger partial charge in [0.05, 0.1) is 6.10 Å². The second kappa shape index (κ2) is 5.45. The van der Waals surface area contributed by atoms with Crippen LogP contribution in [0.5, 0.6) is 0 Å². The summed E-state index contributed by atoms with van der Waals surface area (Å²) in [5, 5.41) is 9.88. The van der Waals surface area contributed by atoms with Crippen LogP contribution in [0.2, 0.25) is 0 Å². The Morgan fingerprint density at radius 3 is 2.65 bits per heavy atom. The van der Waals surface area contributed by atoms with E-state index < -0.39 is 0 Å². The van der Waals surface area contributed by atoms with Gasteiger partial charge < -0.3 is 5.11 Å². The molecule has 0 aliphatic carbocycles. The molecule has 0 amide bonds. The lowest BCUT2D eigenvalue weighted by Gasteiger charge is -2.26. The fourth-order valence-electron chi connectivity index (χ4n) is 2.78. The van der Waals surface area contributed by atoms with E-state index in [1.807, 2.05) is 18.7 Å². The molecule has 1 N–H and O–H groups in total. The Kier molecular flexibility index (Phi) is 4.16. The van der Waals surface area contributed by atoms with Gasteiger partial charge in [0.15, 0.2) is 0 Å². The number of rotatable bonds is 4. The van der Waals surface area contributed by atoms with Gasteiger partial charge in [-0.25, -0.2) is 0 Å². The Morgan fingerprint density at radius 1 is 1.29 bits per heavy atom. The van der Waals surface area contributed by atoms with Gasteiger partial charge in [-0.1, -0.05) is 32.0 Å². The highest BCUT2D eigenvalue weighted by Gasteiger charge is 2.28. The minimum Gasteiger partial charge on any atom is -0.393 e. The summed E-state index contributed by atoms with van der Waals surface area (Å²) in [5.41, 5.74) is 1.49. The van der Waals surface area contributed by atoms with Crippen LogP contribution in [0.25, 0.3) is 0 Å². The van der Waals surface area contributed by atoms with Gasteiger partial charge in [-0.05, 0) is 42.7 Å². The summed E-state index contributed by atoms with van der Waals surface area (Å²) in [6.45, 7) is 6.36. The van der Waals surface area contributed by atoms with Crippen LogP contribution in [0, 0.1) is 11.8 Å². The summed E-state index contributed by atoms with van der Waals surface area (Å²) in [7, 11) is 0. The van der Waals surface area contributed by atoms with Crippen molar-refractivity contribution in [2.24, 2.45) is 11.8 Å². The Labute approximate surface area is 109 Å². The van der Waals surface area contributed by atoms with Crippen LogP contribution in [0.1, 0.15) is 38.7 Å². The van der Waals surface area contributed by atoms with E-state index in [1.54, 1.807) is 0 Å². The molecule has 0 saturated heterocycles. The van der Waals surface area contributed by atoms with Crippen LogP contribution in [0.4, 0.5) is 0 Å². The van der Waals surface area contributed by atoms with Crippen LogP contribution in [-0.2, 0) is 0 Å². The molecule has 0 fully saturated rings. The minimum absolute atomic E-state index is 0.201. The van der Waals surface area contributed by atoms with Crippen molar-refractivity contribution in [1.29, 1.82) is 0 Å². The van der Waals surface area contributed by atoms with Gasteiger partial charge in [0.2, 0.25) is 0 Å². The SMILES string of the molecule is CC(C)C(CC1CSc2ccccc21)C(C)O. The molecule has 1 nitrogen and oxygen atoms in total. The molecular formula is C15H22OS. The van der Waals surface area contributed by atoms with E-state index in [0.29, 0.717) is 17.8 Å².